The summed E-state index contributed by atoms with van der Waals surface area (Å²) in [6.07, 6.45) is 4.64. The van der Waals surface area contributed by atoms with E-state index < -0.39 is 0 Å². The van der Waals surface area contributed by atoms with E-state index in [1.54, 1.807) is 23.4 Å². The molecule has 0 bridgehead atoms. The lowest BCUT2D eigenvalue weighted by molar-refractivity contribution is -0.126. The zero-order valence-electron chi connectivity index (χ0n) is 10.0. The highest BCUT2D eigenvalue weighted by Crippen LogP contribution is 2.19. The summed E-state index contributed by atoms with van der Waals surface area (Å²) >= 11 is 0. The van der Waals surface area contributed by atoms with Crippen LogP contribution in [0.1, 0.15) is 5.56 Å². The second-order valence-corrected chi connectivity index (χ2v) is 4.02. The molecule has 1 aromatic heterocycles. The van der Waals surface area contributed by atoms with Crippen molar-refractivity contribution in [3.8, 4) is 6.07 Å². The molecule has 0 aliphatic carbocycles. The van der Waals surface area contributed by atoms with Crippen molar-refractivity contribution in [3.63, 3.8) is 0 Å². The zero-order valence-corrected chi connectivity index (χ0v) is 10.0. The first kappa shape index (κ1) is 12.1. The first-order chi connectivity index (χ1) is 8.76. The lowest BCUT2D eigenvalue weighted by atomic mass is 10.2. The highest BCUT2D eigenvalue weighted by molar-refractivity contribution is 5.87. The van der Waals surface area contributed by atoms with E-state index in [4.69, 9.17) is 5.26 Å². The Morgan fingerprint density at radius 1 is 1.44 bits per heavy atom. The van der Waals surface area contributed by atoms with Gasteiger partial charge in [-0.1, -0.05) is 6.58 Å². The van der Waals surface area contributed by atoms with Crippen LogP contribution >= 0.6 is 0 Å². The average Bonchev–Trinajstić information content (AvgIpc) is 2.46. The van der Waals surface area contributed by atoms with Crippen molar-refractivity contribution in [1.29, 1.82) is 5.26 Å². The zero-order chi connectivity index (χ0) is 13.0. The van der Waals surface area contributed by atoms with Gasteiger partial charge in [-0.25, -0.2) is 0 Å². The van der Waals surface area contributed by atoms with Gasteiger partial charge in [0.2, 0.25) is 5.91 Å². The highest BCUT2D eigenvalue weighted by atomic mass is 16.2. The van der Waals surface area contributed by atoms with Crippen LogP contribution in [-0.2, 0) is 4.79 Å². The summed E-state index contributed by atoms with van der Waals surface area (Å²) in [7, 11) is 0. The molecule has 0 radical (unpaired) electrons. The summed E-state index contributed by atoms with van der Waals surface area (Å²) < 4.78 is 0. The molecule has 1 aliphatic heterocycles. The third kappa shape index (κ3) is 2.33. The molecule has 18 heavy (non-hydrogen) atoms. The Morgan fingerprint density at radius 3 is 2.78 bits per heavy atom. The number of hydrogen-bond donors (Lipinski definition) is 0. The summed E-state index contributed by atoms with van der Waals surface area (Å²) in [5.74, 6) is -0.0404. The standard InChI is InChI=1S/C13H14N4O/c1-2-13(18)17-7-5-16(6-8-17)12-10-15-4-3-11(12)9-14/h2-4,10H,1,5-8H2. The minimum absolute atomic E-state index is 0.0404. The number of piperazine rings is 1. The van der Waals surface area contributed by atoms with Crippen molar-refractivity contribution in [2.45, 2.75) is 0 Å². The van der Waals surface area contributed by atoms with Crippen LogP contribution in [0.2, 0.25) is 0 Å². The van der Waals surface area contributed by atoms with Crippen LogP contribution in [0.4, 0.5) is 5.69 Å². The molecule has 2 rings (SSSR count). The second-order valence-electron chi connectivity index (χ2n) is 4.02. The lowest BCUT2D eigenvalue weighted by Crippen LogP contribution is -2.48. The first-order valence-corrected chi connectivity index (χ1v) is 5.76. The van der Waals surface area contributed by atoms with Crippen LogP contribution in [0.3, 0.4) is 0 Å². The first-order valence-electron chi connectivity index (χ1n) is 5.76. The smallest absolute Gasteiger partial charge is 0.246 e. The van der Waals surface area contributed by atoms with Gasteiger partial charge < -0.3 is 9.80 Å². The van der Waals surface area contributed by atoms with E-state index in [9.17, 15) is 4.79 Å². The summed E-state index contributed by atoms with van der Waals surface area (Å²) in [6.45, 7) is 6.19. The van der Waals surface area contributed by atoms with Gasteiger partial charge in [0.25, 0.3) is 0 Å². The molecule has 5 heteroatoms. The molecule has 5 nitrogen and oxygen atoms in total. The highest BCUT2D eigenvalue weighted by Gasteiger charge is 2.21. The van der Waals surface area contributed by atoms with E-state index in [2.05, 4.69) is 22.5 Å². The van der Waals surface area contributed by atoms with Gasteiger partial charge in [0.15, 0.2) is 0 Å². The number of amides is 1. The summed E-state index contributed by atoms with van der Waals surface area (Å²) in [5.41, 5.74) is 1.46. The van der Waals surface area contributed by atoms with Gasteiger partial charge in [0, 0.05) is 32.4 Å². The van der Waals surface area contributed by atoms with E-state index in [1.165, 1.54) is 6.08 Å². The van der Waals surface area contributed by atoms with Gasteiger partial charge in [-0.2, -0.15) is 5.26 Å². The Hall–Kier alpha value is -2.35. The molecule has 92 valence electrons. The predicted octanol–water partition coefficient (Wildman–Crippen LogP) is 0.788. The van der Waals surface area contributed by atoms with Gasteiger partial charge in [-0.3, -0.25) is 9.78 Å². The molecule has 1 saturated heterocycles. The Morgan fingerprint density at radius 2 is 2.17 bits per heavy atom. The fraction of sp³-hybridized carbons (Fsp3) is 0.308. The molecular weight excluding hydrogens is 228 g/mol. The summed E-state index contributed by atoms with van der Waals surface area (Å²) in [4.78, 5) is 19.3. The van der Waals surface area contributed by atoms with Crippen LogP contribution in [0.5, 0.6) is 0 Å². The van der Waals surface area contributed by atoms with Gasteiger partial charge in [0.1, 0.15) is 6.07 Å². The number of hydrogen-bond acceptors (Lipinski definition) is 4. The third-order valence-electron chi connectivity index (χ3n) is 3.03. The van der Waals surface area contributed by atoms with Crippen LogP contribution in [0, 0.1) is 11.3 Å². The maximum Gasteiger partial charge on any atom is 0.246 e. The topological polar surface area (TPSA) is 60.2 Å². The van der Waals surface area contributed by atoms with Crippen LogP contribution in [0.25, 0.3) is 0 Å². The normalized spacial score (nSPS) is 15.1. The Bertz CT molecular complexity index is 498. The minimum atomic E-state index is -0.0404. The molecule has 0 N–H and O–H groups in total. The third-order valence-corrected chi connectivity index (χ3v) is 3.03. The lowest BCUT2D eigenvalue weighted by Gasteiger charge is -2.35. The van der Waals surface area contributed by atoms with Gasteiger partial charge in [0.05, 0.1) is 17.4 Å². The molecule has 0 saturated carbocycles. The molecule has 0 atom stereocenters. The van der Waals surface area contributed by atoms with E-state index >= 15 is 0 Å². The number of rotatable bonds is 2. The molecule has 2 heterocycles. The molecule has 0 unspecified atom stereocenters. The number of pyridine rings is 1. The molecule has 0 spiro atoms. The van der Waals surface area contributed by atoms with Crippen molar-refractivity contribution in [2.24, 2.45) is 0 Å². The Labute approximate surface area is 106 Å². The number of aromatic nitrogens is 1. The number of nitrogens with zero attached hydrogens (tertiary/aromatic N) is 4. The minimum Gasteiger partial charge on any atom is -0.366 e. The predicted molar refractivity (Wildman–Crippen MR) is 67.9 cm³/mol. The fourth-order valence-corrected chi connectivity index (χ4v) is 2.03. The maximum atomic E-state index is 11.5. The van der Waals surface area contributed by atoms with Crippen molar-refractivity contribution in [2.75, 3.05) is 31.1 Å². The van der Waals surface area contributed by atoms with Crippen molar-refractivity contribution < 1.29 is 4.79 Å². The maximum absolute atomic E-state index is 11.5. The number of nitriles is 1. The molecule has 1 aliphatic rings. The Kier molecular flexibility index (Phi) is 3.58. The molecule has 1 amide bonds. The molecular formula is C13H14N4O. The monoisotopic (exact) mass is 242 g/mol. The van der Waals surface area contributed by atoms with Gasteiger partial charge >= 0.3 is 0 Å². The van der Waals surface area contributed by atoms with Crippen molar-refractivity contribution in [1.82, 2.24) is 9.88 Å². The van der Waals surface area contributed by atoms with Crippen molar-refractivity contribution >= 4 is 11.6 Å². The van der Waals surface area contributed by atoms with Gasteiger partial charge in [-0.05, 0) is 12.1 Å². The SMILES string of the molecule is C=CC(=O)N1CCN(c2cnccc2C#N)CC1. The summed E-state index contributed by atoms with van der Waals surface area (Å²) in [6, 6.07) is 3.86. The molecule has 1 aromatic rings. The van der Waals surface area contributed by atoms with Crippen LogP contribution in [0.15, 0.2) is 31.1 Å². The van der Waals surface area contributed by atoms with E-state index in [1.807, 2.05) is 0 Å². The van der Waals surface area contributed by atoms with E-state index in [0.717, 1.165) is 5.69 Å². The summed E-state index contributed by atoms with van der Waals surface area (Å²) in [5, 5.41) is 9.05. The molecule has 0 aromatic carbocycles. The quantitative estimate of drug-likeness (QED) is 0.719. The van der Waals surface area contributed by atoms with E-state index in [0.29, 0.717) is 31.7 Å². The van der Waals surface area contributed by atoms with Gasteiger partial charge in [-0.15, -0.1) is 0 Å². The number of carbonyl (C=O) groups is 1. The van der Waals surface area contributed by atoms with Crippen LogP contribution < -0.4 is 4.90 Å². The van der Waals surface area contributed by atoms with Crippen LogP contribution in [-0.4, -0.2) is 42.0 Å². The van der Waals surface area contributed by atoms with E-state index in [-0.39, 0.29) is 5.91 Å². The largest absolute Gasteiger partial charge is 0.366 e. The number of anilines is 1. The van der Waals surface area contributed by atoms with Crippen molar-refractivity contribution in [3.05, 3.63) is 36.7 Å². The Balaban J connectivity index is 2.08. The molecule has 1 fully saturated rings. The second kappa shape index (κ2) is 5.32. The fourth-order valence-electron chi connectivity index (χ4n) is 2.03. The number of carbonyl (C=O) groups excluding carboxylic acids is 1. The average molecular weight is 242 g/mol.